The number of aromatic amines is 1. The van der Waals surface area contributed by atoms with Gasteiger partial charge >= 0.3 is 0 Å². The standard InChI is InChI=1S/C23H30FN7.HI/c1-25-23(27-8-6-18-16-28-21-4-3-19(24)14-20(18)21)29-15-17-5-7-26-22(13-17)31-11-9-30(2)10-12-31;/h3-5,7,13-14,16,28H,6,8-12,15H2,1-2H3,(H2,25,27,29);1H. The lowest BCUT2D eigenvalue weighted by Gasteiger charge is -2.33. The largest absolute Gasteiger partial charge is 0.361 e. The maximum atomic E-state index is 13.6. The zero-order valence-electron chi connectivity index (χ0n) is 18.6. The molecule has 0 unspecified atom stereocenters. The van der Waals surface area contributed by atoms with Crippen LogP contribution in [0.15, 0.2) is 47.7 Å². The number of aromatic nitrogens is 2. The smallest absolute Gasteiger partial charge is 0.191 e. The second-order valence-corrected chi connectivity index (χ2v) is 7.92. The maximum absolute atomic E-state index is 13.6. The Morgan fingerprint density at radius 3 is 2.75 bits per heavy atom. The molecule has 172 valence electrons. The number of likely N-dealkylation sites (N-methyl/N-ethyl adjacent to an activating group) is 1. The number of piperazine rings is 1. The van der Waals surface area contributed by atoms with E-state index in [4.69, 9.17) is 0 Å². The van der Waals surface area contributed by atoms with Crippen LogP contribution in [0.3, 0.4) is 0 Å². The van der Waals surface area contributed by atoms with Gasteiger partial charge in [-0.3, -0.25) is 4.99 Å². The van der Waals surface area contributed by atoms with Crippen LogP contribution in [0.5, 0.6) is 0 Å². The van der Waals surface area contributed by atoms with Crippen LogP contribution in [0, 0.1) is 5.82 Å². The summed E-state index contributed by atoms with van der Waals surface area (Å²) in [4.78, 5) is 16.7. The van der Waals surface area contributed by atoms with Gasteiger partial charge in [0.15, 0.2) is 5.96 Å². The SMILES string of the molecule is CN=C(NCCc1c[nH]c2ccc(F)cc12)NCc1ccnc(N2CCN(C)CC2)c1.I. The number of hydrogen-bond acceptors (Lipinski definition) is 4. The van der Waals surface area contributed by atoms with Gasteiger partial charge in [0.05, 0.1) is 0 Å². The molecule has 0 amide bonds. The zero-order chi connectivity index (χ0) is 21.6. The molecule has 9 heteroatoms. The summed E-state index contributed by atoms with van der Waals surface area (Å²) in [6.45, 7) is 5.49. The molecule has 3 aromatic rings. The van der Waals surface area contributed by atoms with E-state index in [0.29, 0.717) is 13.1 Å². The number of fused-ring (bicyclic) bond motifs is 1. The first-order chi connectivity index (χ1) is 15.1. The van der Waals surface area contributed by atoms with Gasteiger partial charge in [-0.2, -0.15) is 0 Å². The van der Waals surface area contributed by atoms with Crippen LogP contribution < -0.4 is 15.5 Å². The van der Waals surface area contributed by atoms with Crippen molar-refractivity contribution in [3.8, 4) is 0 Å². The Hall–Kier alpha value is -2.40. The number of guanidine groups is 1. The molecule has 3 N–H and O–H groups in total. The number of aliphatic imine (C=N–C) groups is 1. The Labute approximate surface area is 205 Å². The highest BCUT2D eigenvalue weighted by molar-refractivity contribution is 14.0. The third-order valence-electron chi connectivity index (χ3n) is 5.74. The minimum Gasteiger partial charge on any atom is -0.361 e. The Kier molecular flexibility index (Phi) is 8.68. The summed E-state index contributed by atoms with van der Waals surface area (Å²) in [7, 11) is 3.92. The molecule has 4 rings (SSSR count). The van der Waals surface area contributed by atoms with Crippen molar-refractivity contribution >= 4 is 46.7 Å². The maximum Gasteiger partial charge on any atom is 0.191 e. The van der Waals surface area contributed by atoms with Crippen LogP contribution in [0.1, 0.15) is 11.1 Å². The quantitative estimate of drug-likeness (QED) is 0.250. The Balaban J connectivity index is 0.00000289. The predicted octanol–water partition coefficient (Wildman–Crippen LogP) is 2.98. The average Bonchev–Trinajstić information content (AvgIpc) is 3.18. The van der Waals surface area contributed by atoms with Crippen LogP contribution >= 0.6 is 24.0 Å². The second-order valence-electron chi connectivity index (χ2n) is 7.92. The van der Waals surface area contributed by atoms with Crippen molar-refractivity contribution in [1.29, 1.82) is 0 Å². The zero-order valence-corrected chi connectivity index (χ0v) is 20.9. The van der Waals surface area contributed by atoms with E-state index >= 15 is 0 Å². The summed E-state index contributed by atoms with van der Waals surface area (Å²) in [6, 6.07) is 9.00. The molecule has 2 aromatic heterocycles. The minimum atomic E-state index is -0.216. The van der Waals surface area contributed by atoms with E-state index < -0.39 is 0 Å². The predicted molar refractivity (Wildman–Crippen MR) is 140 cm³/mol. The van der Waals surface area contributed by atoms with Gasteiger partial charge in [0.25, 0.3) is 0 Å². The number of nitrogens with one attached hydrogen (secondary N) is 3. The van der Waals surface area contributed by atoms with Gasteiger partial charge in [-0.05, 0) is 54.9 Å². The van der Waals surface area contributed by atoms with Crippen LogP contribution in [0.2, 0.25) is 0 Å². The molecule has 0 saturated carbocycles. The Morgan fingerprint density at radius 1 is 1.16 bits per heavy atom. The van der Waals surface area contributed by atoms with Gasteiger partial charge < -0.3 is 25.4 Å². The molecule has 0 spiro atoms. The molecule has 1 saturated heterocycles. The molecule has 7 nitrogen and oxygen atoms in total. The van der Waals surface area contributed by atoms with Gasteiger partial charge in [-0.25, -0.2) is 9.37 Å². The number of nitrogens with zero attached hydrogens (tertiary/aromatic N) is 4. The molecule has 0 atom stereocenters. The lowest BCUT2D eigenvalue weighted by atomic mass is 10.1. The van der Waals surface area contributed by atoms with Gasteiger partial charge in [-0.1, -0.05) is 0 Å². The Morgan fingerprint density at radius 2 is 1.97 bits per heavy atom. The second kappa shape index (κ2) is 11.5. The highest BCUT2D eigenvalue weighted by Crippen LogP contribution is 2.19. The molecule has 0 bridgehead atoms. The van der Waals surface area contributed by atoms with E-state index in [1.54, 1.807) is 19.2 Å². The van der Waals surface area contributed by atoms with Gasteiger partial charge in [0.1, 0.15) is 11.6 Å². The topological polar surface area (TPSA) is 71.6 Å². The van der Waals surface area contributed by atoms with Crippen LogP contribution in [0.4, 0.5) is 10.2 Å². The van der Waals surface area contributed by atoms with Crippen molar-refractivity contribution < 1.29 is 4.39 Å². The van der Waals surface area contributed by atoms with E-state index in [9.17, 15) is 4.39 Å². The number of anilines is 1. The molecular formula is C23H31FIN7. The summed E-state index contributed by atoms with van der Waals surface area (Å²) in [5, 5.41) is 7.63. The van der Waals surface area contributed by atoms with Crippen molar-refractivity contribution in [3.05, 3.63) is 59.7 Å². The molecule has 0 radical (unpaired) electrons. The monoisotopic (exact) mass is 551 g/mol. The molecule has 32 heavy (non-hydrogen) atoms. The fourth-order valence-corrected chi connectivity index (χ4v) is 3.86. The van der Waals surface area contributed by atoms with Crippen molar-refractivity contribution in [2.75, 3.05) is 51.7 Å². The molecule has 1 fully saturated rings. The van der Waals surface area contributed by atoms with E-state index in [0.717, 1.165) is 60.8 Å². The lowest BCUT2D eigenvalue weighted by Crippen LogP contribution is -2.44. The number of H-pyrrole nitrogens is 1. The fraction of sp³-hybridized carbons (Fsp3) is 0.391. The molecule has 1 aliphatic rings. The molecule has 0 aliphatic carbocycles. The van der Waals surface area contributed by atoms with E-state index in [1.807, 2.05) is 18.5 Å². The normalized spacial score (nSPS) is 15.0. The molecule has 3 heterocycles. The highest BCUT2D eigenvalue weighted by atomic mass is 127. The summed E-state index contributed by atoms with van der Waals surface area (Å²) in [5.41, 5.74) is 3.20. The Bertz CT molecular complexity index is 1040. The van der Waals surface area contributed by atoms with Crippen molar-refractivity contribution in [1.82, 2.24) is 25.5 Å². The number of hydrogen-bond donors (Lipinski definition) is 3. The summed E-state index contributed by atoms with van der Waals surface area (Å²) in [6.07, 6.45) is 4.59. The summed E-state index contributed by atoms with van der Waals surface area (Å²) < 4.78 is 13.6. The summed E-state index contributed by atoms with van der Waals surface area (Å²) in [5.74, 6) is 1.55. The van der Waals surface area contributed by atoms with E-state index in [2.05, 4.69) is 48.5 Å². The molecule has 1 aromatic carbocycles. The third-order valence-corrected chi connectivity index (χ3v) is 5.74. The number of pyridine rings is 1. The number of halogens is 2. The van der Waals surface area contributed by atoms with Gasteiger partial charge in [0, 0.05) is 69.6 Å². The lowest BCUT2D eigenvalue weighted by molar-refractivity contribution is 0.312. The highest BCUT2D eigenvalue weighted by Gasteiger charge is 2.15. The van der Waals surface area contributed by atoms with Crippen molar-refractivity contribution in [2.45, 2.75) is 13.0 Å². The first-order valence-corrected chi connectivity index (χ1v) is 10.7. The van der Waals surface area contributed by atoms with Crippen LogP contribution in [-0.4, -0.2) is 67.6 Å². The number of benzene rings is 1. The van der Waals surface area contributed by atoms with Gasteiger partial charge in [0.2, 0.25) is 0 Å². The summed E-state index contributed by atoms with van der Waals surface area (Å²) >= 11 is 0. The average molecular weight is 551 g/mol. The minimum absolute atomic E-state index is 0. The molecule has 1 aliphatic heterocycles. The van der Waals surface area contributed by atoms with Crippen LogP contribution in [0.25, 0.3) is 10.9 Å². The van der Waals surface area contributed by atoms with Crippen molar-refractivity contribution in [2.24, 2.45) is 4.99 Å². The van der Waals surface area contributed by atoms with Gasteiger partial charge in [-0.15, -0.1) is 24.0 Å². The van der Waals surface area contributed by atoms with Crippen molar-refractivity contribution in [3.63, 3.8) is 0 Å². The van der Waals surface area contributed by atoms with E-state index in [1.165, 1.54) is 11.6 Å². The first-order valence-electron chi connectivity index (χ1n) is 10.7. The number of rotatable bonds is 6. The fourth-order valence-electron chi connectivity index (χ4n) is 3.86. The third kappa shape index (κ3) is 6.10. The first kappa shape index (κ1) is 24.2. The van der Waals surface area contributed by atoms with Crippen LogP contribution in [-0.2, 0) is 13.0 Å². The van der Waals surface area contributed by atoms with E-state index in [-0.39, 0.29) is 29.8 Å². The molecular weight excluding hydrogens is 520 g/mol.